The van der Waals surface area contributed by atoms with Crippen LogP contribution in [-0.4, -0.2) is 18.2 Å². The number of benzene rings is 8. The SMILES string of the molecule is CCCCCC1CCC(c2ccc(-c3ccc(C(=O)Nc4ccc(-c5ccc6c7c(c8c(c6c5)OC(C(C)c5ccccc5)OC8=O)C=CC(c5ccccc5)(c5ccccc5)O7)cc4)cc3)cc2)CC1. The number of hydrogen-bond donors (Lipinski definition) is 1. The summed E-state index contributed by atoms with van der Waals surface area (Å²) in [5.41, 5.74) is 9.69. The Morgan fingerprint density at radius 3 is 1.87 bits per heavy atom. The molecule has 0 radical (unpaired) electrons. The zero-order valence-corrected chi connectivity index (χ0v) is 40.5. The standard InChI is InChI=1S/C65H59NO5/c1-3-4-8-15-44-22-24-46(25-23-44)47-26-28-48(29-27-47)49-30-32-51(33-31-49)62(67)66-55-37-34-50(35-38-55)52-36-39-56-58(42-52)61-59(63(68)70-64(69-61)43(2)45-16-9-5-10-17-45)57-40-41-65(71-60(56)57,53-18-11-6-12-19-53)54-20-13-7-14-21-54/h5-7,9-14,16-21,26-44,46,64H,3-4,8,15,22-25H2,1-2H3,(H,66,67). The number of anilines is 1. The molecule has 1 saturated carbocycles. The summed E-state index contributed by atoms with van der Waals surface area (Å²) in [5, 5.41) is 4.64. The normalized spacial score (nSPS) is 18.3. The predicted molar refractivity (Wildman–Crippen MR) is 286 cm³/mol. The number of carbonyl (C=O) groups excluding carboxylic acids is 2. The van der Waals surface area contributed by atoms with Gasteiger partial charge in [0.2, 0.25) is 0 Å². The van der Waals surface area contributed by atoms with Crippen molar-refractivity contribution in [1.29, 1.82) is 0 Å². The van der Waals surface area contributed by atoms with Crippen LogP contribution in [-0.2, 0) is 10.3 Å². The van der Waals surface area contributed by atoms with Crippen LogP contribution in [0.15, 0.2) is 188 Å². The van der Waals surface area contributed by atoms with Gasteiger partial charge in [-0.1, -0.05) is 185 Å². The molecule has 2 atom stereocenters. The van der Waals surface area contributed by atoms with Crippen molar-refractivity contribution in [1.82, 2.24) is 0 Å². The van der Waals surface area contributed by atoms with Gasteiger partial charge in [0.15, 0.2) is 5.60 Å². The summed E-state index contributed by atoms with van der Waals surface area (Å²) in [6, 6.07) is 61.2. The Morgan fingerprint density at radius 2 is 1.23 bits per heavy atom. The number of unbranched alkanes of at least 4 members (excludes halogenated alkanes) is 2. The van der Waals surface area contributed by atoms with E-state index < -0.39 is 17.9 Å². The van der Waals surface area contributed by atoms with Gasteiger partial charge in [0, 0.05) is 38.7 Å². The van der Waals surface area contributed by atoms with E-state index in [1.807, 2.05) is 134 Å². The second-order valence-corrected chi connectivity index (χ2v) is 19.6. The number of amides is 1. The van der Waals surface area contributed by atoms with Crippen molar-refractivity contribution in [2.75, 3.05) is 5.32 Å². The second kappa shape index (κ2) is 20.0. The monoisotopic (exact) mass is 933 g/mol. The number of ether oxygens (including phenoxy) is 3. The molecular formula is C65H59NO5. The fourth-order valence-corrected chi connectivity index (χ4v) is 11.1. The average Bonchev–Trinajstić information content (AvgIpc) is 3.44. The van der Waals surface area contributed by atoms with E-state index in [-0.39, 0.29) is 11.8 Å². The van der Waals surface area contributed by atoms with Crippen LogP contribution in [0.1, 0.15) is 126 Å². The van der Waals surface area contributed by atoms with Gasteiger partial charge in [0.25, 0.3) is 12.2 Å². The van der Waals surface area contributed by atoms with E-state index in [1.54, 1.807) is 0 Å². The molecule has 0 bridgehead atoms. The van der Waals surface area contributed by atoms with Gasteiger partial charge >= 0.3 is 5.97 Å². The number of hydrogen-bond acceptors (Lipinski definition) is 5. The van der Waals surface area contributed by atoms with E-state index in [1.165, 1.54) is 56.9 Å². The molecule has 11 rings (SSSR count). The first-order valence-electron chi connectivity index (χ1n) is 25.5. The van der Waals surface area contributed by atoms with Crippen molar-refractivity contribution >= 4 is 34.4 Å². The fourth-order valence-electron chi connectivity index (χ4n) is 11.1. The number of esters is 1. The van der Waals surface area contributed by atoms with Crippen molar-refractivity contribution in [2.24, 2.45) is 5.92 Å². The van der Waals surface area contributed by atoms with Gasteiger partial charge in [-0.15, -0.1) is 0 Å². The molecule has 8 aromatic carbocycles. The second-order valence-electron chi connectivity index (χ2n) is 19.6. The van der Waals surface area contributed by atoms with Crippen LogP contribution in [0, 0.1) is 5.92 Å². The molecule has 0 spiro atoms. The van der Waals surface area contributed by atoms with Crippen LogP contribution < -0.4 is 14.8 Å². The first-order valence-corrected chi connectivity index (χ1v) is 25.5. The number of fused-ring (bicyclic) bond motifs is 6. The van der Waals surface area contributed by atoms with Crippen molar-refractivity contribution in [3.05, 3.63) is 227 Å². The van der Waals surface area contributed by atoms with Crippen LogP contribution in [0.3, 0.4) is 0 Å². The Labute approximate surface area is 417 Å². The molecule has 6 nitrogen and oxygen atoms in total. The summed E-state index contributed by atoms with van der Waals surface area (Å²) in [7, 11) is 0. The Hall–Kier alpha value is -7.70. The molecule has 1 fully saturated rings. The van der Waals surface area contributed by atoms with Gasteiger partial charge in [-0.3, -0.25) is 4.79 Å². The number of cyclic esters (lactones) is 1. The van der Waals surface area contributed by atoms with Crippen LogP contribution in [0.25, 0.3) is 39.1 Å². The van der Waals surface area contributed by atoms with Gasteiger partial charge in [-0.05, 0) is 119 Å². The molecule has 6 heteroatoms. The highest BCUT2D eigenvalue weighted by Gasteiger charge is 2.43. The Bertz CT molecular complexity index is 3150. The first kappa shape index (κ1) is 45.7. The van der Waals surface area contributed by atoms with Crippen LogP contribution >= 0.6 is 0 Å². The van der Waals surface area contributed by atoms with Gasteiger partial charge < -0.3 is 19.5 Å². The third-order valence-corrected chi connectivity index (χ3v) is 15.2. The van der Waals surface area contributed by atoms with Crippen LogP contribution in [0.4, 0.5) is 5.69 Å². The quantitative estimate of drug-likeness (QED) is 0.0921. The minimum absolute atomic E-state index is 0.175. The summed E-state index contributed by atoms with van der Waals surface area (Å²) in [6.45, 7) is 4.30. The Kier molecular flexibility index (Phi) is 12.9. The summed E-state index contributed by atoms with van der Waals surface area (Å²) in [4.78, 5) is 28.0. The molecule has 1 amide bonds. The third-order valence-electron chi connectivity index (χ3n) is 15.2. The molecule has 354 valence electrons. The highest BCUT2D eigenvalue weighted by molar-refractivity contribution is 6.10. The molecule has 8 aromatic rings. The topological polar surface area (TPSA) is 73.9 Å². The van der Waals surface area contributed by atoms with Crippen LogP contribution in [0.5, 0.6) is 11.5 Å². The fraction of sp³-hybridized carbons (Fsp3) is 0.231. The van der Waals surface area contributed by atoms with Crippen LogP contribution in [0.2, 0.25) is 0 Å². The number of carbonyl (C=O) groups is 2. The van der Waals surface area contributed by atoms with Crippen molar-refractivity contribution in [3.8, 4) is 33.8 Å². The lowest BCUT2D eigenvalue weighted by Crippen LogP contribution is -2.37. The lowest BCUT2D eigenvalue weighted by molar-refractivity contribution is -0.0707. The lowest BCUT2D eigenvalue weighted by Gasteiger charge is -2.38. The summed E-state index contributed by atoms with van der Waals surface area (Å²) in [5.74, 6) is 1.71. The third kappa shape index (κ3) is 9.16. The maximum atomic E-state index is 14.4. The van der Waals surface area contributed by atoms with Gasteiger partial charge in [-0.25, -0.2) is 4.79 Å². The maximum Gasteiger partial charge on any atom is 0.345 e. The summed E-state index contributed by atoms with van der Waals surface area (Å²) >= 11 is 0. The molecule has 0 aromatic heterocycles. The van der Waals surface area contributed by atoms with E-state index in [9.17, 15) is 9.59 Å². The molecule has 0 saturated heterocycles. The Balaban J connectivity index is 0.849. The first-order chi connectivity index (χ1) is 34.8. The minimum atomic E-state index is -0.972. The molecule has 2 unspecified atom stereocenters. The largest absolute Gasteiger partial charge is 0.472 e. The average molecular weight is 934 g/mol. The van der Waals surface area contributed by atoms with Gasteiger partial charge in [0.1, 0.15) is 17.1 Å². The summed E-state index contributed by atoms with van der Waals surface area (Å²) < 4.78 is 20.2. The smallest absolute Gasteiger partial charge is 0.345 e. The molecule has 1 N–H and O–H groups in total. The molecular weight excluding hydrogens is 875 g/mol. The van der Waals surface area contributed by atoms with E-state index in [0.29, 0.717) is 39.8 Å². The summed E-state index contributed by atoms with van der Waals surface area (Å²) in [6.07, 6.45) is 13.9. The zero-order chi connectivity index (χ0) is 48.3. The highest BCUT2D eigenvalue weighted by atomic mass is 16.7. The van der Waals surface area contributed by atoms with E-state index in [2.05, 4.69) is 79.0 Å². The van der Waals surface area contributed by atoms with E-state index in [0.717, 1.165) is 55.6 Å². The molecule has 2 heterocycles. The molecule has 71 heavy (non-hydrogen) atoms. The molecule has 3 aliphatic rings. The number of rotatable bonds is 13. The van der Waals surface area contributed by atoms with Gasteiger partial charge in [-0.2, -0.15) is 0 Å². The van der Waals surface area contributed by atoms with E-state index >= 15 is 0 Å². The molecule has 1 aliphatic carbocycles. The molecule has 2 aliphatic heterocycles. The van der Waals surface area contributed by atoms with Crippen molar-refractivity contribution in [2.45, 2.75) is 88.9 Å². The number of nitrogens with one attached hydrogen (secondary N) is 1. The lowest BCUT2D eigenvalue weighted by atomic mass is 9.77. The van der Waals surface area contributed by atoms with Gasteiger partial charge in [0.05, 0.1) is 5.92 Å². The Morgan fingerprint density at radius 1 is 0.634 bits per heavy atom. The van der Waals surface area contributed by atoms with Crippen molar-refractivity contribution in [3.63, 3.8) is 0 Å². The predicted octanol–water partition coefficient (Wildman–Crippen LogP) is 16.3. The minimum Gasteiger partial charge on any atom is -0.472 e. The highest BCUT2D eigenvalue weighted by Crippen LogP contribution is 2.52. The maximum absolute atomic E-state index is 14.4. The van der Waals surface area contributed by atoms with E-state index in [4.69, 9.17) is 14.2 Å². The zero-order valence-electron chi connectivity index (χ0n) is 40.5. The van der Waals surface area contributed by atoms with Crippen molar-refractivity contribution < 1.29 is 23.8 Å².